The third-order valence-electron chi connectivity index (χ3n) is 8.86. The van der Waals surface area contributed by atoms with Crippen molar-refractivity contribution in [3.05, 3.63) is 133 Å². The Balaban J connectivity index is 1.39. The summed E-state index contributed by atoms with van der Waals surface area (Å²) >= 11 is 0. The third kappa shape index (κ3) is 2.71. The summed E-state index contributed by atoms with van der Waals surface area (Å²) in [7, 11) is 0. The molecule has 0 aliphatic heterocycles. The molecule has 4 nitrogen and oxygen atoms in total. The van der Waals surface area contributed by atoms with Crippen LogP contribution >= 0.6 is 0 Å². The molecule has 4 heterocycles. The van der Waals surface area contributed by atoms with E-state index in [0.717, 1.165) is 33.2 Å². The van der Waals surface area contributed by atoms with Crippen LogP contribution in [0, 0.1) is 0 Å². The highest BCUT2D eigenvalue weighted by atomic mass is 15.2. The molecule has 194 valence electrons. The second-order valence-electron chi connectivity index (χ2n) is 11.0. The molecule has 0 radical (unpaired) electrons. The highest BCUT2D eigenvalue weighted by Crippen LogP contribution is 2.44. The zero-order chi connectivity index (χ0) is 27.4. The van der Waals surface area contributed by atoms with E-state index in [2.05, 4.69) is 130 Å². The molecule has 0 fully saturated rings. The van der Waals surface area contributed by atoms with Crippen LogP contribution in [0.15, 0.2) is 133 Å². The summed E-state index contributed by atoms with van der Waals surface area (Å²) < 4.78 is 4.69. The average Bonchev–Trinajstić information content (AvgIpc) is 3.69. The summed E-state index contributed by atoms with van der Waals surface area (Å²) in [5.74, 6) is 0.681. The molecule has 0 amide bonds. The monoisotopic (exact) mass is 534 g/mol. The quantitative estimate of drug-likeness (QED) is 0.221. The Hall–Kier alpha value is -5.74. The molecule has 0 atom stereocenters. The third-order valence-corrected chi connectivity index (χ3v) is 8.86. The van der Waals surface area contributed by atoms with Crippen LogP contribution in [-0.4, -0.2) is 18.9 Å². The van der Waals surface area contributed by atoms with Crippen molar-refractivity contribution in [2.45, 2.75) is 0 Å². The van der Waals surface area contributed by atoms with Crippen LogP contribution in [0.2, 0.25) is 0 Å². The summed E-state index contributed by atoms with van der Waals surface area (Å²) in [5.41, 5.74) is 8.91. The van der Waals surface area contributed by atoms with Gasteiger partial charge in [-0.05, 0) is 30.3 Å². The molecule has 0 unspecified atom stereocenters. The Morgan fingerprint density at radius 3 is 1.93 bits per heavy atom. The molecule has 4 heteroatoms. The van der Waals surface area contributed by atoms with Crippen LogP contribution in [0.4, 0.5) is 0 Å². The molecule has 0 N–H and O–H groups in total. The molecule has 4 aromatic heterocycles. The predicted octanol–water partition coefficient (Wildman–Crippen LogP) is 9.54. The van der Waals surface area contributed by atoms with Crippen LogP contribution < -0.4 is 0 Å². The van der Waals surface area contributed by atoms with Crippen molar-refractivity contribution < 1.29 is 0 Å². The van der Waals surface area contributed by atoms with Gasteiger partial charge in [0.15, 0.2) is 0 Å². The zero-order valence-corrected chi connectivity index (χ0v) is 22.5. The van der Waals surface area contributed by atoms with Crippen molar-refractivity contribution in [3.8, 4) is 17.2 Å². The molecule has 0 saturated carbocycles. The minimum absolute atomic E-state index is 0.681. The fourth-order valence-corrected chi connectivity index (χ4v) is 7.17. The van der Waals surface area contributed by atoms with E-state index in [4.69, 9.17) is 9.97 Å². The van der Waals surface area contributed by atoms with Crippen LogP contribution in [0.5, 0.6) is 0 Å². The number of rotatable bonds is 2. The molecule has 0 bridgehead atoms. The van der Waals surface area contributed by atoms with Gasteiger partial charge in [-0.25, -0.2) is 9.97 Å². The van der Waals surface area contributed by atoms with Crippen molar-refractivity contribution in [1.29, 1.82) is 0 Å². The van der Waals surface area contributed by atoms with Gasteiger partial charge in [0.25, 0.3) is 0 Å². The predicted molar refractivity (Wildman–Crippen MR) is 174 cm³/mol. The smallest absolute Gasteiger partial charge is 0.235 e. The van der Waals surface area contributed by atoms with Crippen molar-refractivity contribution >= 4 is 70.8 Å². The van der Waals surface area contributed by atoms with Gasteiger partial charge in [-0.1, -0.05) is 103 Å². The molecular formula is C38H22N4. The normalized spacial score (nSPS) is 12.3. The maximum Gasteiger partial charge on any atom is 0.235 e. The van der Waals surface area contributed by atoms with Crippen molar-refractivity contribution in [2.24, 2.45) is 0 Å². The van der Waals surface area contributed by atoms with Crippen LogP contribution in [0.3, 0.4) is 0 Å². The van der Waals surface area contributed by atoms with Gasteiger partial charge >= 0.3 is 0 Å². The van der Waals surface area contributed by atoms with E-state index in [1.807, 2.05) is 12.1 Å². The molecule has 10 aromatic rings. The lowest BCUT2D eigenvalue weighted by molar-refractivity contribution is 1.01. The average molecular weight is 535 g/mol. The highest BCUT2D eigenvalue weighted by molar-refractivity contribution is 6.32. The van der Waals surface area contributed by atoms with Crippen LogP contribution in [0.1, 0.15) is 0 Å². The Morgan fingerprint density at radius 2 is 1.05 bits per heavy atom. The number of fused-ring (bicyclic) bond motifs is 11. The van der Waals surface area contributed by atoms with Gasteiger partial charge in [0.1, 0.15) is 0 Å². The Morgan fingerprint density at radius 1 is 0.405 bits per heavy atom. The number of para-hydroxylation sites is 4. The fraction of sp³-hybridized carbons (Fsp3) is 0. The lowest BCUT2D eigenvalue weighted by atomic mass is 10.0. The number of nitrogens with zero attached hydrogens (tertiary/aromatic N) is 4. The van der Waals surface area contributed by atoms with Crippen LogP contribution in [-0.2, 0) is 0 Å². The molecule has 0 aliphatic rings. The van der Waals surface area contributed by atoms with E-state index >= 15 is 0 Å². The minimum atomic E-state index is 0.681. The fourth-order valence-electron chi connectivity index (χ4n) is 7.17. The first-order valence-corrected chi connectivity index (χ1v) is 14.3. The largest absolute Gasteiger partial charge is 0.308 e. The topological polar surface area (TPSA) is 35.1 Å². The Labute approximate surface area is 240 Å². The second-order valence-corrected chi connectivity index (χ2v) is 11.0. The van der Waals surface area contributed by atoms with Gasteiger partial charge in [-0.3, -0.25) is 4.57 Å². The van der Waals surface area contributed by atoms with E-state index < -0.39 is 0 Å². The molecular weight excluding hydrogens is 512 g/mol. The minimum Gasteiger partial charge on any atom is -0.308 e. The second kappa shape index (κ2) is 7.93. The first-order valence-electron chi connectivity index (χ1n) is 14.3. The first kappa shape index (κ1) is 22.0. The molecule has 10 rings (SSSR count). The first-order chi connectivity index (χ1) is 20.9. The number of hydrogen-bond acceptors (Lipinski definition) is 2. The molecule has 0 saturated heterocycles. The molecule has 0 spiro atoms. The van der Waals surface area contributed by atoms with E-state index in [1.54, 1.807) is 0 Å². The lowest BCUT2D eigenvalue weighted by Crippen LogP contribution is -2.03. The van der Waals surface area contributed by atoms with Gasteiger partial charge in [-0.15, -0.1) is 0 Å². The SMILES string of the molecule is c1ccc(-c2nc(-n3c4ccccc4c4c5c6cccc7c8ccccc8n(c5ccc43)c76)nc3ccccc23)cc1. The van der Waals surface area contributed by atoms with Gasteiger partial charge in [-0.2, -0.15) is 0 Å². The van der Waals surface area contributed by atoms with Crippen LogP contribution in [0.25, 0.3) is 88.0 Å². The van der Waals surface area contributed by atoms with E-state index in [1.165, 1.54) is 48.9 Å². The van der Waals surface area contributed by atoms with Crippen molar-refractivity contribution in [1.82, 2.24) is 18.9 Å². The van der Waals surface area contributed by atoms with E-state index in [9.17, 15) is 0 Å². The van der Waals surface area contributed by atoms with E-state index in [0.29, 0.717) is 5.95 Å². The summed E-state index contributed by atoms with van der Waals surface area (Å²) in [6, 6.07) is 47.3. The molecule has 6 aromatic carbocycles. The van der Waals surface area contributed by atoms with Crippen molar-refractivity contribution in [2.75, 3.05) is 0 Å². The number of hydrogen-bond donors (Lipinski definition) is 0. The zero-order valence-electron chi connectivity index (χ0n) is 22.5. The summed E-state index contributed by atoms with van der Waals surface area (Å²) in [6.07, 6.45) is 0. The summed E-state index contributed by atoms with van der Waals surface area (Å²) in [6.45, 7) is 0. The van der Waals surface area contributed by atoms with Gasteiger partial charge in [0, 0.05) is 43.3 Å². The maximum absolute atomic E-state index is 5.26. The summed E-state index contributed by atoms with van der Waals surface area (Å²) in [4.78, 5) is 10.4. The van der Waals surface area contributed by atoms with Crippen molar-refractivity contribution in [3.63, 3.8) is 0 Å². The Bertz CT molecular complexity index is 2680. The number of aromatic nitrogens is 4. The molecule has 0 aliphatic carbocycles. The van der Waals surface area contributed by atoms with Gasteiger partial charge in [0.05, 0.1) is 38.8 Å². The number of benzene rings is 6. The van der Waals surface area contributed by atoms with Gasteiger partial charge < -0.3 is 4.40 Å². The molecule has 42 heavy (non-hydrogen) atoms. The Kier molecular flexibility index (Phi) is 4.15. The van der Waals surface area contributed by atoms with E-state index in [-0.39, 0.29) is 0 Å². The summed E-state index contributed by atoms with van der Waals surface area (Å²) in [5, 5.41) is 8.62. The van der Waals surface area contributed by atoms with Gasteiger partial charge in [0.2, 0.25) is 5.95 Å². The lowest BCUT2D eigenvalue weighted by Gasteiger charge is -2.11. The maximum atomic E-state index is 5.26. The highest BCUT2D eigenvalue weighted by Gasteiger charge is 2.23. The standard InChI is InChI=1S/C38H22N4/c1-2-11-23(12-3-1)36-26-14-4-7-18-29(26)39-38(40-36)42-31-20-9-6-15-27(31)34-33(42)22-21-32-35(34)28-17-10-16-25-24-13-5-8-19-30(24)41(32)37(25)28/h1-22H.